The number of hydrogen-bond donors (Lipinski definition) is 2. The third-order valence-corrected chi connectivity index (χ3v) is 0.667. The molecule has 0 saturated heterocycles. The molecule has 52 valence electrons. The van der Waals surface area contributed by atoms with E-state index in [4.69, 9.17) is 11.5 Å². The minimum atomic E-state index is 0.597. The fraction of sp³-hybridized carbons (Fsp3) is 1.00. The molecule has 0 aromatic rings. The minimum Gasteiger partial charge on any atom is -0.329 e. The van der Waals surface area contributed by atoms with Crippen molar-refractivity contribution in [3.05, 3.63) is 0 Å². The van der Waals surface area contributed by atoms with Gasteiger partial charge in [0.05, 0.1) is 0 Å². The second-order valence-corrected chi connectivity index (χ2v) is 1.58. The Morgan fingerprint density at radius 2 is 1.12 bits per heavy atom. The highest BCUT2D eigenvalue weighted by atomic mass is 14.6. The highest BCUT2D eigenvalue weighted by Crippen LogP contribution is 1.76. The van der Waals surface area contributed by atoms with Crippen LogP contribution in [0.3, 0.4) is 0 Å². The summed E-state index contributed by atoms with van der Waals surface area (Å²) >= 11 is 0. The second kappa shape index (κ2) is 15.8. The van der Waals surface area contributed by atoms with Crippen molar-refractivity contribution in [2.24, 2.45) is 11.5 Å². The summed E-state index contributed by atoms with van der Waals surface area (Å²) in [4.78, 5) is 0. The lowest BCUT2D eigenvalue weighted by Crippen LogP contribution is -2.11. The molecule has 0 unspecified atom stereocenters. The summed E-state index contributed by atoms with van der Waals surface area (Å²) in [6.45, 7) is 5.56. The van der Waals surface area contributed by atoms with E-state index in [1.807, 2.05) is 0 Å². The Morgan fingerprint density at radius 3 is 1.12 bits per heavy atom. The molecule has 0 heterocycles. The summed E-state index contributed by atoms with van der Waals surface area (Å²) in [7, 11) is 0. The van der Waals surface area contributed by atoms with Crippen molar-refractivity contribution in [1.29, 1.82) is 0 Å². The summed E-state index contributed by atoms with van der Waals surface area (Å²) in [6.07, 6.45) is 2.64. The zero-order chi connectivity index (χ0) is 6.83. The first kappa shape index (κ1) is 10.8. The van der Waals surface area contributed by atoms with E-state index in [0.717, 1.165) is 0 Å². The molecule has 0 aliphatic carbocycles. The Bertz CT molecular complexity index is 14.5. The molecule has 0 aliphatic rings. The van der Waals surface area contributed by atoms with Gasteiger partial charge < -0.3 is 11.5 Å². The summed E-state index contributed by atoms with van der Waals surface area (Å²) in [5.74, 6) is 0. The van der Waals surface area contributed by atoms with Crippen LogP contribution in [-0.2, 0) is 0 Å². The molecule has 0 aromatic heterocycles. The molecule has 0 spiro atoms. The number of nitrogens with two attached hydrogens (primary N) is 2. The van der Waals surface area contributed by atoms with Gasteiger partial charge in [-0.3, -0.25) is 0 Å². The topological polar surface area (TPSA) is 52.0 Å². The standard InChI is InChI=1S/C4H10.C2H8N2/c1-3-4-2;3-1-2-4/h3-4H2,1-2H3;1-4H2. The Hall–Kier alpha value is -0.0800. The predicted octanol–water partition coefficient (Wildman–Crippen LogP) is 0.710. The van der Waals surface area contributed by atoms with Crippen molar-refractivity contribution in [1.82, 2.24) is 0 Å². The first-order valence-electron chi connectivity index (χ1n) is 3.23. The fourth-order valence-corrected chi connectivity index (χ4v) is 0. The van der Waals surface area contributed by atoms with E-state index in [9.17, 15) is 0 Å². The van der Waals surface area contributed by atoms with Crippen molar-refractivity contribution in [3.63, 3.8) is 0 Å². The third-order valence-electron chi connectivity index (χ3n) is 0.667. The minimum absolute atomic E-state index is 0.597. The smallest absolute Gasteiger partial charge is 0.00461 e. The number of hydrogen-bond acceptors (Lipinski definition) is 2. The van der Waals surface area contributed by atoms with Gasteiger partial charge in [0, 0.05) is 13.1 Å². The molecule has 0 fully saturated rings. The molecular weight excluding hydrogens is 100 g/mol. The SMILES string of the molecule is CCCC.NCCN. The van der Waals surface area contributed by atoms with E-state index in [1.54, 1.807) is 0 Å². The van der Waals surface area contributed by atoms with Gasteiger partial charge in [0.25, 0.3) is 0 Å². The summed E-state index contributed by atoms with van der Waals surface area (Å²) in [5.41, 5.74) is 9.81. The van der Waals surface area contributed by atoms with Gasteiger partial charge in [0.2, 0.25) is 0 Å². The van der Waals surface area contributed by atoms with Crippen LogP contribution < -0.4 is 11.5 Å². The maximum Gasteiger partial charge on any atom is 0.00461 e. The largest absolute Gasteiger partial charge is 0.329 e. The van der Waals surface area contributed by atoms with Gasteiger partial charge in [-0.05, 0) is 0 Å². The van der Waals surface area contributed by atoms with Crippen LogP contribution in [-0.4, -0.2) is 13.1 Å². The fourth-order valence-electron chi connectivity index (χ4n) is 0. The summed E-state index contributed by atoms with van der Waals surface area (Å²) in [5, 5.41) is 0. The molecular formula is C6H18N2. The van der Waals surface area contributed by atoms with Crippen molar-refractivity contribution in [2.45, 2.75) is 26.7 Å². The van der Waals surface area contributed by atoms with E-state index >= 15 is 0 Å². The molecule has 4 N–H and O–H groups in total. The Morgan fingerprint density at radius 1 is 0.875 bits per heavy atom. The molecule has 0 rings (SSSR count). The van der Waals surface area contributed by atoms with Crippen LogP contribution in [0.15, 0.2) is 0 Å². The first-order chi connectivity index (χ1) is 3.83. The van der Waals surface area contributed by atoms with Crippen LogP contribution >= 0.6 is 0 Å². The van der Waals surface area contributed by atoms with Crippen LogP contribution in [0.2, 0.25) is 0 Å². The molecule has 0 aliphatic heterocycles. The van der Waals surface area contributed by atoms with Gasteiger partial charge in [0.15, 0.2) is 0 Å². The van der Waals surface area contributed by atoms with Gasteiger partial charge in [0.1, 0.15) is 0 Å². The lowest BCUT2D eigenvalue weighted by atomic mass is 10.4. The van der Waals surface area contributed by atoms with Gasteiger partial charge in [-0.25, -0.2) is 0 Å². The highest BCUT2D eigenvalue weighted by Gasteiger charge is 1.56. The maximum absolute atomic E-state index is 4.90. The van der Waals surface area contributed by atoms with Crippen LogP contribution in [0.5, 0.6) is 0 Å². The molecule has 2 nitrogen and oxygen atoms in total. The number of unbranched alkanes of at least 4 members (excludes halogenated alkanes) is 1. The average Bonchev–Trinajstić information content (AvgIpc) is 1.88. The van der Waals surface area contributed by atoms with Gasteiger partial charge in [-0.2, -0.15) is 0 Å². The van der Waals surface area contributed by atoms with E-state index in [2.05, 4.69) is 13.8 Å². The van der Waals surface area contributed by atoms with E-state index < -0.39 is 0 Å². The van der Waals surface area contributed by atoms with E-state index in [0.29, 0.717) is 13.1 Å². The van der Waals surface area contributed by atoms with Crippen molar-refractivity contribution >= 4 is 0 Å². The zero-order valence-electron chi connectivity index (χ0n) is 5.98. The van der Waals surface area contributed by atoms with E-state index in [-0.39, 0.29) is 0 Å². The zero-order valence-corrected chi connectivity index (χ0v) is 5.98. The predicted molar refractivity (Wildman–Crippen MR) is 38.7 cm³/mol. The third kappa shape index (κ3) is 38.9. The molecule has 0 amide bonds. The molecule has 2 heteroatoms. The van der Waals surface area contributed by atoms with Gasteiger partial charge in [-0.15, -0.1) is 0 Å². The molecule has 0 radical (unpaired) electrons. The monoisotopic (exact) mass is 118 g/mol. The van der Waals surface area contributed by atoms with Crippen LogP contribution in [0.1, 0.15) is 26.7 Å². The average molecular weight is 118 g/mol. The van der Waals surface area contributed by atoms with E-state index in [1.165, 1.54) is 12.8 Å². The van der Waals surface area contributed by atoms with Crippen molar-refractivity contribution in [3.8, 4) is 0 Å². The van der Waals surface area contributed by atoms with Crippen LogP contribution in [0.25, 0.3) is 0 Å². The summed E-state index contributed by atoms with van der Waals surface area (Å²) in [6, 6.07) is 0. The number of rotatable bonds is 2. The molecule has 0 saturated carbocycles. The van der Waals surface area contributed by atoms with Crippen molar-refractivity contribution < 1.29 is 0 Å². The normalized spacial score (nSPS) is 7.50. The molecule has 0 aromatic carbocycles. The Kier molecular flexibility index (Phi) is 21.3. The second-order valence-electron chi connectivity index (χ2n) is 1.58. The molecule has 8 heavy (non-hydrogen) atoms. The van der Waals surface area contributed by atoms with Gasteiger partial charge in [-0.1, -0.05) is 26.7 Å². The highest BCUT2D eigenvalue weighted by molar-refractivity contribution is 4.26. The lowest BCUT2D eigenvalue weighted by Gasteiger charge is -1.72. The Balaban J connectivity index is 0. The first-order valence-corrected chi connectivity index (χ1v) is 3.23. The molecule has 0 atom stereocenters. The lowest BCUT2D eigenvalue weighted by molar-refractivity contribution is 0.886. The Labute approximate surface area is 52.2 Å². The van der Waals surface area contributed by atoms with Crippen LogP contribution in [0, 0.1) is 0 Å². The molecule has 0 bridgehead atoms. The van der Waals surface area contributed by atoms with Gasteiger partial charge >= 0.3 is 0 Å². The maximum atomic E-state index is 4.90. The quantitative estimate of drug-likeness (QED) is 0.561. The summed E-state index contributed by atoms with van der Waals surface area (Å²) < 4.78 is 0. The van der Waals surface area contributed by atoms with Crippen LogP contribution in [0.4, 0.5) is 0 Å². The van der Waals surface area contributed by atoms with Crippen molar-refractivity contribution in [2.75, 3.05) is 13.1 Å².